The van der Waals surface area contributed by atoms with Gasteiger partial charge in [-0.05, 0) is 11.5 Å². The van der Waals surface area contributed by atoms with Gasteiger partial charge in [0.1, 0.15) is 11.8 Å². The first-order chi connectivity index (χ1) is 13.6. The van der Waals surface area contributed by atoms with Gasteiger partial charge in [-0.3, -0.25) is 9.35 Å². The highest BCUT2D eigenvalue weighted by Crippen LogP contribution is 2.51. The molecule has 0 atom stereocenters. The SMILES string of the molecule is CC(C)(C)c1cc(C=O)c(C#N)cc1OS(=O)(=O)C(F)(F)C(F)(F)C(F)(F)S(=O)(=O)O. The molecule has 0 amide bonds. The molecule has 174 valence electrons. The molecule has 0 fully saturated rings. The maximum atomic E-state index is 14.0. The summed E-state index contributed by atoms with van der Waals surface area (Å²) in [5.41, 5.74) is -2.58. The number of aldehydes is 1. The third kappa shape index (κ3) is 4.34. The third-order valence-electron chi connectivity index (χ3n) is 3.78. The first kappa shape index (κ1) is 26.7. The van der Waals surface area contributed by atoms with Crippen LogP contribution in [0.1, 0.15) is 42.3 Å². The highest BCUT2D eigenvalue weighted by atomic mass is 32.2. The molecule has 1 N–H and O–H groups in total. The van der Waals surface area contributed by atoms with E-state index in [1.54, 1.807) is 0 Å². The number of carbonyl (C=O) groups excluding carboxylic acids is 1. The first-order valence-corrected chi connectivity index (χ1v) is 10.5. The minimum Gasteiger partial charge on any atom is -0.378 e. The van der Waals surface area contributed by atoms with E-state index < -0.39 is 53.4 Å². The molecular formula is C15H13F6NO7S2. The summed E-state index contributed by atoms with van der Waals surface area (Å²) in [7, 11) is -14.3. The monoisotopic (exact) mass is 497 g/mol. The highest BCUT2D eigenvalue weighted by molar-refractivity contribution is 7.88. The first-order valence-electron chi connectivity index (χ1n) is 7.66. The number of benzene rings is 1. The van der Waals surface area contributed by atoms with Crippen LogP contribution in [0.2, 0.25) is 0 Å². The summed E-state index contributed by atoms with van der Waals surface area (Å²) >= 11 is 0. The van der Waals surface area contributed by atoms with Gasteiger partial charge in [0, 0.05) is 17.2 Å². The summed E-state index contributed by atoms with van der Waals surface area (Å²) in [6, 6.07) is 2.65. The van der Waals surface area contributed by atoms with Gasteiger partial charge in [0.15, 0.2) is 6.29 Å². The minimum atomic E-state index is -7.19. The molecule has 8 nitrogen and oxygen atoms in total. The smallest absolute Gasteiger partial charge is 0.378 e. The van der Waals surface area contributed by atoms with Gasteiger partial charge in [-0.15, -0.1) is 0 Å². The molecule has 0 saturated carbocycles. The number of hydrogen-bond donors (Lipinski definition) is 1. The van der Waals surface area contributed by atoms with Crippen LogP contribution in [-0.2, 0) is 25.7 Å². The number of hydrogen-bond acceptors (Lipinski definition) is 7. The fourth-order valence-electron chi connectivity index (χ4n) is 2.10. The molecule has 0 spiro atoms. The van der Waals surface area contributed by atoms with Gasteiger partial charge < -0.3 is 4.18 Å². The van der Waals surface area contributed by atoms with E-state index in [1.165, 1.54) is 26.8 Å². The molecule has 0 heterocycles. The van der Waals surface area contributed by atoms with E-state index in [2.05, 4.69) is 4.18 Å². The Labute approximate surface area is 172 Å². The van der Waals surface area contributed by atoms with Gasteiger partial charge >= 0.3 is 36.7 Å². The highest BCUT2D eigenvalue weighted by Gasteiger charge is 2.83. The number of nitriles is 1. The Bertz CT molecular complexity index is 1150. The minimum absolute atomic E-state index is 0.140. The zero-order valence-electron chi connectivity index (χ0n) is 15.7. The van der Waals surface area contributed by atoms with Gasteiger partial charge in [-0.25, -0.2) is 0 Å². The zero-order chi connectivity index (χ0) is 24.8. The Morgan fingerprint density at radius 3 is 1.84 bits per heavy atom. The van der Waals surface area contributed by atoms with Crippen molar-refractivity contribution in [1.82, 2.24) is 0 Å². The van der Waals surface area contributed by atoms with E-state index in [1.807, 2.05) is 0 Å². The number of nitrogens with zero attached hydrogens (tertiary/aromatic N) is 1. The third-order valence-corrected chi connectivity index (χ3v) is 5.96. The predicted molar refractivity (Wildman–Crippen MR) is 91.2 cm³/mol. The lowest BCUT2D eigenvalue weighted by Gasteiger charge is -2.30. The van der Waals surface area contributed by atoms with Crippen molar-refractivity contribution in [3.8, 4) is 11.8 Å². The molecule has 0 bridgehead atoms. The summed E-state index contributed by atoms with van der Waals surface area (Å²) < 4.78 is 139. The van der Waals surface area contributed by atoms with Crippen molar-refractivity contribution in [2.24, 2.45) is 0 Å². The summed E-state index contributed by atoms with van der Waals surface area (Å²) in [4.78, 5) is 11.1. The second-order valence-corrected chi connectivity index (χ2v) is 10.1. The van der Waals surface area contributed by atoms with Crippen LogP contribution in [0.4, 0.5) is 26.3 Å². The Balaban J connectivity index is 3.76. The Morgan fingerprint density at radius 1 is 1.00 bits per heavy atom. The largest absolute Gasteiger partial charge is 0.450 e. The van der Waals surface area contributed by atoms with Crippen LogP contribution in [0.25, 0.3) is 0 Å². The molecule has 0 radical (unpaired) electrons. The molecule has 1 rings (SSSR count). The molecule has 0 aliphatic heterocycles. The molecule has 0 aliphatic carbocycles. The molecule has 0 saturated heterocycles. The number of rotatable bonds is 7. The Morgan fingerprint density at radius 2 is 1.48 bits per heavy atom. The van der Waals surface area contributed by atoms with Crippen molar-refractivity contribution < 1.29 is 56.7 Å². The van der Waals surface area contributed by atoms with E-state index in [9.17, 15) is 48.0 Å². The zero-order valence-corrected chi connectivity index (χ0v) is 17.3. The average molecular weight is 497 g/mol. The maximum absolute atomic E-state index is 14.0. The van der Waals surface area contributed by atoms with Crippen LogP contribution in [0.15, 0.2) is 12.1 Å². The lowest BCUT2D eigenvalue weighted by molar-refractivity contribution is -0.247. The van der Waals surface area contributed by atoms with Gasteiger partial charge in [0.05, 0.1) is 5.56 Å². The van der Waals surface area contributed by atoms with Gasteiger partial charge in [0.25, 0.3) is 0 Å². The lowest BCUT2D eigenvalue weighted by atomic mass is 9.84. The van der Waals surface area contributed by atoms with Gasteiger partial charge in [-0.1, -0.05) is 20.8 Å². The van der Waals surface area contributed by atoms with Crippen LogP contribution in [-0.4, -0.2) is 44.1 Å². The molecule has 0 aliphatic rings. The van der Waals surface area contributed by atoms with Gasteiger partial charge in [0.2, 0.25) is 0 Å². The van der Waals surface area contributed by atoms with Crippen molar-refractivity contribution in [1.29, 1.82) is 5.26 Å². The van der Waals surface area contributed by atoms with Crippen molar-refractivity contribution in [2.45, 2.75) is 42.6 Å². The maximum Gasteiger partial charge on any atom is 0.450 e. The second kappa shape index (κ2) is 7.64. The van der Waals surface area contributed by atoms with Crippen LogP contribution in [0.5, 0.6) is 5.75 Å². The normalized spacial score (nSPS) is 14.1. The van der Waals surface area contributed by atoms with Crippen LogP contribution in [0, 0.1) is 11.3 Å². The molecule has 1 aromatic carbocycles. The standard InChI is InChI=1S/C15H13F6NO7S2/c1-12(2,3)10-4-9(7-23)8(6-22)5-11(10)29-31(27,28)15(20,21)13(16,17)14(18,19)30(24,25)26/h4-5,7H,1-3H3,(H,24,25,26). The average Bonchev–Trinajstić information content (AvgIpc) is 2.58. The predicted octanol–water partition coefficient (Wildman–Crippen LogP) is 3.09. The van der Waals surface area contributed by atoms with E-state index in [0.29, 0.717) is 6.07 Å². The summed E-state index contributed by atoms with van der Waals surface area (Å²) in [5, 5.41) is -4.83. The summed E-state index contributed by atoms with van der Waals surface area (Å²) in [6.07, 6.45) is 0.140. The second-order valence-electron chi connectivity index (χ2n) is 7.04. The molecule has 31 heavy (non-hydrogen) atoms. The fraction of sp³-hybridized carbons (Fsp3) is 0.467. The summed E-state index contributed by atoms with van der Waals surface area (Å²) in [5.74, 6) is -8.37. The number of carbonyl (C=O) groups is 1. The number of halogens is 6. The van der Waals surface area contributed by atoms with Crippen molar-refractivity contribution in [3.63, 3.8) is 0 Å². The molecular weight excluding hydrogens is 484 g/mol. The van der Waals surface area contributed by atoms with Crippen molar-refractivity contribution in [3.05, 3.63) is 28.8 Å². The lowest BCUT2D eigenvalue weighted by Crippen LogP contribution is -2.61. The van der Waals surface area contributed by atoms with Crippen LogP contribution < -0.4 is 4.18 Å². The van der Waals surface area contributed by atoms with E-state index in [-0.39, 0.29) is 17.4 Å². The summed E-state index contributed by atoms with van der Waals surface area (Å²) in [6.45, 7) is 4.00. The molecule has 0 unspecified atom stereocenters. The fourth-order valence-corrected chi connectivity index (χ4v) is 3.54. The van der Waals surface area contributed by atoms with Crippen molar-refractivity contribution in [2.75, 3.05) is 0 Å². The number of alkyl halides is 6. The van der Waals surface area contributed by atoms with Crippen LogP contribution in [0.3, 0.4) is 0 Å². The van der Waals surface area contributed by atoms with Crippen LogP contribution >= 0.6 is 0 Å². The molecule has 16 heteroatoms. The molecule has 0 aromatic heterocycles. The quantitative estimate of drug-likeness (QED) is 0.263. The van der Waals surface area contributed by atoms with E-state index >= 15 is 0 Å². The Hall–Kier alpha value is -2.38. The van der Waals surface area contributed by atoms with Gasteiger partial charge in [-0.2, -0.15) is 48.4 Å². The van der Waals surface area contributed by atoms with E-state index in [0.717, 1.165) is 6.07 Å². The Kier molecular flexibility index (Phi) is 6.57. The van der Waals surface area contributed by atoms with Crippen molar-refractivity contribution >= 4 is 26.5 Å². The topological polar surface area (TPSA) is 139 Å². The van der Waals surface area contributed by atoms with E-state index in [4.69, 9.17) is 9.81 Å². The molecule has 1 aromatic rings.